The van der Waals surface area contributed by atoms with E-state index in [1.165, 1.54) is 53.5 Å². The molecule has 0 heterocycles. The molecule has 1 saturated carbocycles. The minimum atomic E-state index is 0.454. The first kappa shape index (κ1) is 12.2. The van der Waals surface area contributed by atoms with Gasteiger partial charge in [0.2, 0.25) is 0 Å². The minimum absolute atomic E-state index is 0.454. The average Bonchev–Trinajstić information content (AvgIpc) is 2.38. The van der Waals surface area contributed by atoms with Crippen molar-refractivity contribution in [2.75, 3.05) is 0 Å². The minimum Gasteiger partial charge on any atom is -0.0590 e. The fourth-order valence-electron chi connectivity index (χ4n) is 4.08. The summed E-state index contributed by atoms with van der Waals surface area (Å²) in [6.07, 6.45) is 5.39. The zero-order chi connectivity index (χ0) is 13.9. The van der Waals surface area contributed by atoms with Gasteiger partial charge in [0.05, 0.1) is 0 Å². The quantitative estimate of drug-likeness (QED) is 0.607. The molecule has 102 valence electrons. The highest BCUT2D eigenvalue weighted by Gasteiger charge is 2.43. The van der Waals surface area contributed by atoms with Gasteiger partial charge in [-0.1, -0.05) is 42.3 Å². The van der Waals surface area contributed by atoms with Gasteiger partial charge in [0.25, 0.3) is 0 Å². The van der Waals surface area contributed by atoms with Gasteiger partial charge in [-0.3, -0.25) is 0 Å². The van der Waals surface area contributed by atoms with E-state index in [1.807, 2.05) is 0 Å². The molecule has 4 rings (SSSR count). The Labute approximate surface area is 121 Å². The van der Waals surface area contributed by atoms with E-state index in [4.69, 9.17) is 0 Å². The number of fused-ring (bicyclic) bond motifs is 4. The molecular formula is C20H22. The van der Waals surface area contributed by atoms with Crippen LogP contribution in [-0.2, 0) is 11.8 Å². The predicted octanol–water partition coefficient (Wildman–Crippen LogP) is 5.26. The molecule has 0 atom stereocenters. The van der Waals surface area contributed by atoms with Crippen molar-refractivity contribution in [1.29, 1.82) is 0 Å². The second kappa shape index (κ2) is 3.97. The van der Waals surface area contributed by atoms with E-state index < -0.39 is 0 Å². The first-order chi connectivity index (χ1) is 9.59. The van der Waals surface area contributed by atoms with E-state index in [1.54, 1.807) is 11.1 Å². The molecule has 20 heavy (non-hydrogen) atoms. The molecule has 0 N–H and O–H groups in total. The van der Waals surface area contributed by atoms with Gasteiger partial charge in [0, 0.05) is 0 Å². The fraction of sp³-hybridized carbons (Fsp3) is 0.400. The lowest BCUT2D eigenvalue weighted by Gasteiger charge is -2.47. The van der Waals surface area contributed by atoms with Gasteiger partial charge in [0.1, 0.15) is 0 Å². The Morgan fingerprint density at radius 2 is 1.60 bits per heavy atom. The average molecular weight is 262 g/mol. The Balaban J connectivity index is 2.03. The van der Waals surface area contributed by atoms with E-state index >= 15 is 0 Å². The molecule has 0 unspecified atom stereocenters. The van der Waals surface area contributed by atoms with Crippen LogP contribution in [0.15, 0.2) is 30.3 Å². The zero-order valence-corrected chi connectivity index (χ0v) is 12.7. The molecule has 0 radical (unpaired) electrons. The van der Waals surface area contributed by atoms with Gasteiger partial charge >= 0.3 is 0 Å². The van der Waals surface area contributed by atoms with Gasteiger partial charge < -0.3 is 0 Å². The third-order valence-corrected chi connectivity index (χ3v) is 5.60. The number of benzene rings is 2. The van der Waals surface area contributed by atoms with Gasteiger partial charge in [-0.05, 0) is 78.8 Å². The lowest BCUT2D eigenvalue weighted by molar-refractivity contribution is 0.240. The summed E-state index contributed by atoms with van der Waals surface area (Å²) >= 11 is 0. The van der Waals surface area contributed by atoms with Crippen LogP contribution in [0.1, 0.15) is 47.1 Å². The molecule has 0 saturated heterocycles. The molecule has 2 aromatic rings. The van der Waals surface area contributed by atoms with Gasteiger partial charge in [-0.15, -0.1) is 0 Å². The highest BCUT2D eigenvalue weighted by Crippen LogP contribution is 2.54. The summed E-state index contributed by atoms with van der Waals surface area (Å²) in [6, 6.07) is 11.9. The third-order valence-electron chi connectivity index (χ3n) is 5.60. The van der Waals surface area contributed by atoms with E-state index in [9.17, 15) is 0 Å². The number of hydrogen-bond acceptors (Lipinski definition) is 0. The molecule has 0 aromatic heterocycles. The molecular weight excluding hydrogens is 240 g/mol. The Morgan fingerprint density at radius 1 is 0.850 bits per heavy atom. The smallest absolute Gasteiger partial charge is 0.0000173 e. The van der Waals surface area contributed by atoms with Crippen molar-refractivity contribution >= 4 is 0 Å². The van der Waals surface area contributed by atoms with Crippen LogP contribution in [0.3, 0.4) is 0 Å². The maximum absolute atomic E-state index is 2.48. The van der Waals surface area contributed by atoms with Crippen molar-refractivity contribution in [3.63, 3.8) is 0 Å². The molecule has 0 nitrogen and oxygen atoms in total. The molecule has 2 aliphatic carbocycles. The maximum Gasteiger partial charge on any atom is -0.0000173 e. The van der Waals surface area contributed by atoms with Gasteiger partial charge in [-0.25, -0.2) is 0 Å². The van der Waals surface area contributed by atoms with Crippen molar-refractivity contribution in [3.8, 4) is 11.1 Å². The van der Waals surface area contributed by atoms with E-state index in [0.717, 1.165) is 0 Å². The molecule has 2 aromatic carbocycles. The zero-order valence-electron chi connectivity index (χ0n) is 12.7. The van der Waals surface area contributed by atoms with Crippen molar-refractivity contribution in [2.24, 2.45) is 0 Å². The highest BCUT2D eigenvalue weighted by atomic mass is 14.5. The van der Waals surface area contributed by atoms with Crippen LogP contribution < -0.4 is 0 Å². The number of hydrogen-bond donors (Lipinski definition) is 0. The Morgan fingerprint density at radius 3 is 2.30 bits per heavy atom. The summed E-state index contributed by atoms with van der Waals surface area (Å²) in [6.45, 7) is 6.70. The second-order valence-electron chi connectivity index (χ2n) is 6.95. The summed E-state index contributed by atoms with van der Waals surface area (Å²) < 4.78 is 0. The van der Waals surface area contributed by atoms with Crippen LogP contribution >= 0.6 is 0 Å². The van der Waals surface area contributed by atoms with Crippen LogP contribution in [0, 0.1) is 20.8 Å². The molecule has 0 heteroatoms. The van der Waals surface area contributed by atoms with E-state index in [0.29, 0.717) is 5.41 Å². The van der Waals surface area contributed by atoms with Crippen molar-refractivity contribution in [1.82, 2.24) is 0 Å². The first-order valence-corrected chi connectivity index (χ1v) is 7.81. The van der Waals surface area contributed by atoms with Crippen LogP contribution in [0.4, 0.5) is 0 Å². The Kier molecular flexibility index (Phi) is 2.42. The molecule has 1 fully saturated rings. The SMILES string of the molecule is Cc1ccc2c(c1)-c1cc(C)c(C)cc1C1(CCC1)C2. The van der Waals surface area contributed by atoms with Crippen LogP contribution in [0.2, 0.25) is 0 Å². The molecule has 0 bridgehead atoms. The topological polar surface area (TPSA) is 0 Å². The molecule has 0 amide bonds. The van der Waals surface area contributed by atoms with E-state index in [2.05, 4.69) is 51.1 Å². The van der Waals surface area contributed by atoms with Gasteiger partial charge in [0.15, 0.2) is 0 Å². The van der Waals surface area contributed by atoms with Crippen molar-refractivity contribution in [3.05, 3.63) is 58.1 Å². The van der Waals surface area contributed by atoms with Gasteiger partial charge in [-0.2, -0.15) is 0 Å². The molecule has 1 spiro atoms. The molecule has 2 aliphatic rings. The lowest BCUT2D eigenvalue weighted by Crippen LogP contribution is -2.39. The number of aryl methyl sites for hydroxylation is 3. The molecule has 0 aliphatic heterocycles. The lowest BCUT2D eigenvalue weighted by atomic mass is 9.57. The normalized spacial score (nSPS) is 18.4. The second-order valence-corrected chi connectivity index (χ2v) is 6.95. The Hall–Kier alpha value is -1.56. The van der Waals surface area contributed by atoms with Crippen molar-refractivity contribution < 1.29 is 0 Å². The monoisotopic (exact) mass is 262 g/mol. The fourth-order valence-corrected chi connectivity index (χ4v) is 4.08. The highest BCUT2D eigenvalue weighted by molar-refractivity contribution is 5.77. The van der Waals surface area contributed by atoms with Crippen LogP contribution in [0.25, 0.3) is 11.1 Å². The largest absolute Gasteiger partial charge is 0.0590 e. The summed E-state index contributed by atoms with van der Waals surface area (Å²) in [5, 5.41) is 0. The summed E-state index contributed by atoms with van der Waals surface area (Å²) in [4.78, 5) is 0. The first-order valence-electron chi connectivity index (χ1n) is 7.81. The maximum atomic E-state index is 2.48. The van der Waals surface area contributed by atoms with Crippen molar-refractivity contribution in [2.45, 2.75) is 51.9 Å². The number of rotatable bonds is 0. The van der Waals surface area contributed by atoms with Crippen LogP contribution in [0.5, 0.6) is 0 Å². The third kappa shape index (κ3) is 1.54. The summed E-state index contributed by atoms with van der Waals surface area (Å²) in [7, 11) is 0. The summed E-state index contributed by atoms with van der Waals surface area (Å²) in [5.41, 5.74) is 10.9. The predicted molar refractivity (Wildman–Crippen MR) is 85.3 cm³/mol. The van der Waals surface area contributed by atoms with Crippen LogP contribution in [-0.4, -0.2) is 0 Å². The Bertz CT molecular complexity index is 702. The summed E-state index contributed by atoms with van der Waals surface area (Å²) in [5.74, 6) is 0. The standard InChI is InChI=1S/C20H22/c1-13-5-6-16-12-20(7-4-8-20)19-11-15(3)14(2)10-18(19)17(16)9-13/h5-6,9-11H,4,7-8,12H2,1-3H3. The van der Waals surface area contributed by atoms with E-state index in [-0.39, 0.29) is 0 Å².